The molecule has 7 heteroatoms. The van der Waals surface area contributed by atoms with E-state index >= 15 is 0 Å². The van der Waals surface area contributed by atoms with Crippen LogP contribution in [-0.2, 0) is 9.05 Å². The van der Waals surface area contributed by atoms with Crippen LogP contribution < -0.4 is 4.74 Å². The Kier molecular flexibility index (Phi) is 5.16. The van der Waals surface area contributed by atoms with Gasteiger partial charge in [-0.2, -0.15) is 0 Å². The zero-order chi connectivity index (χ0) is 20.1. The molecule has 0 N–H and O–H groups in total. The Morgan fingerprint density at radius 3 is 1.86 bits per heavy atom. The summed E-state index contributed by atoms with van der Waals surface area (Å²) in [6.45, 7) is 0. The maximum absolute atomic E-state index is 12.4. The Morgan fingerprint density at radius 1 is 0.786 bits per heavy atom. The van der Waals surface area contributed by atoms with Crippen LogP contribution >= 0.6 is 42.5 Å². The van der Waals surface area contributed by atoms with Crippen molar-refractivity contribution < 1.29 is 13.2 Å². The molecule has 0 saturated heterocycles. The lowest BCUT2D eigenvalue weighted by atomic mass is 9.93. The lowest BCUT2D eigenvalue weighted by Gasteiger charge is -2.17. The maximum atomic E-state index is 12.4. The molecule has 0 fully saturated rings. The van der Waals surface area contributed by atoms with Crippen LogP contribution in [0.1, 0.15) is 0 Å². The number of benzene rings is 4. The highest BCUT2D eigenvalue weighted by atomic mass is 79.9. The summed E-state index contributed by atoms with van der Waals surface area (Å²) in [4.78, 5) is 0.0534. The topological polar surface area (TPSA) is 43.4 Å². The van der Waals surface area contributed by atoms with E-state index in [1.165, 1.54) is 0 Å². The molecular formula is C21H13Br2ClO3S. The van der Waals surface area contributed by atoms with Crippen molar-refractivity contribution in [3.8, 4) is 16.9 Å². The fraction of sp³-hybridized carbons (Fsp3) is 0.0476. The van der Waals surface area contributed by atoms with Crippen molar-refractivity contribution in [2.24, 2.45) is 0 Å². The van der Waals surface area contributed by atoms with E-state index in [1.54, 1.807) is 19.2 Å². The van der Waals surface area contributed by atoms with E-state index in [1.807, 2.05) is 48.5 Å². The minimum atomic E-state index is -3.99. The third kappa shape index (κ3) is 3.43. The smallest absolute Gasteiger partial charge is 0.261 e. The van der Waals surface area contributed by atoms with Crippen molar-refractivity contribution in [1.29, 1.82) is 0 Å². The normalized spacial score (nSPS) is 11.9. The van der Waals surface area contributed by atoms with Gasteiger partial charge < -0.3 is 4.74 Å². The van der Waals surface area contributed by atoms with Crippen molar-refractivity contribution in [3.63, 3.8) is 0 Å². The van der Waals surface area contributed by atoms with Gasteiger partial charge in [0.05, 0.1) is 12.0 Å². The first-order valence-electron chi connectivity index (χ1n) is 8.23. The molecule has 0 atom stereocenters. The van der Waals surface area contributed by atoms with E-state index in [2.05, 4.69) is 31.9 Å². The fourth-order valence-corrected chi connectivity index (χ4v) is 5.28. The zero-order valence-electron chi connectivity index (χ0n) is 14.5. The van der Waals surface area contributed by atoms with Gasteiger partial charge in [0.2, 0.25) is 0 Å². The average Bonchev–Trinajstić information content (AvgIpc) is 2.65. The predicted octanol–water partition coefficient (Wildman–Crippen LogP) is 7.12. The first-order chi connectivity index (χ1) is 13.3. The summed E-state index contributed by atoms with van der Waals surface area (Å²) in [5.41, 5.74) is 1.23. The second-order valence-corrected chi connectivity index (χ2v) is 10.6. The molecule has 0 aromatic heterocycles. The molecule has 3 nitrogen and oxygen atoms in total. The molecule has 4 aromatic rings. The molecule has 0 amide bonds. The molecule has 0 aliphatic rings. The summed E-state index contributed by atoms with van der Waals surface area (Å²) in [6.07, 6.45) is 0. The number of halogens is 3. The van der Waals surface area contributed by atoms with Crippen molar-refractivity contribution in [1.82, 2.24) is 0 Å². The first-order valence-corrected chi connectivity index (χ1v) is 12.1. The van der Waals surface area contributed by atoms with Crippen LogP contribution in [0.15, 0.2) is 74.5 Å². The van der Waals surface area contributed by atoms with Gasteiger partial charge in [-0.3, -0.25) is 0 Å². The van der Waals surface area contributed by atoms with E-state index < -0.39 is 9.05 Å². The molecule has 0 aliphatic carbocycles. The molecule has 4 rings (SSSR count). The molecule has 0 aliphatic heterocycles. The molecule has 0 saturated carbocycles. The number of fused-ring (bicyclic) bond motifs is 2. The maximum Gasteiger partial charge on any atom is 0.261 e. The quantitative estimate of drug-likeness (QED) is 0.260. The summed E-state index contributed by atoms with van der Waals surface area (Å²) < 4.78 is 32.3. The Morgan fingerprint density at radius 2 is 1.32 bits per heavy atom. The summed E-state index contributed by atoms with van der Waals surface area (Å²) in [7, 11) is 3.41. The summed E-state index contributed by atoms with van der Waals surface area (Å²) >= 11 is 6.96. The van der Waals surface area contributed by atoms with E-state index in [9.17, 15) is 8.42 Å². The third-order valence-electron chi connectivity index (χ3n) is 4.62. The number of rotatable bonds is 3. The molecule has 142 valence electrons. The first kappa shape index (κ1) is 19.7. The standard InChI is InChI=1S/C21H13Br2ClO3S/c1-27-18-8-2-12-10-14(22)4-6-16(12)20(18)21-17-7-5-15(23)11-13(17)3-9-19(21)28(24,25)26/h2-11H,1H3. The van der Waals surface area contributed by atoms with E-state index in [0.717, 1.165) is 30.5 Å². The second kappa shape index (κ2) is 7.34. The molecule has 4 aromatic carbocycles. The van der Waals surface area contributed by atoms with E-state index in [4.69, 9.17) is 15.4 Å². The van der Waals surface area contributed by atoms with Crippen molar-refractivity contribution >= 4 is 73.1 Å². The van der Waals surface area contributed by atoms with E-state index in [-0.39, 0.29) is 4.90 Å². The SMILES string of the molecule is COc1ccc2cc(Br)ccc2c1-c1c(S(=O)(=O)Cl)ccc2cc(Br)ccc12. The lowest BCUT2D eigenvalue weighted by Crippen LogP contribution is -1.99. The molecule has 0 heterocycles. The van der Waals surface area contributed by atoms with Crippen molar-refractivity contribution in [2.45, 2.75) is 4.90 Å². The number of hydrogen-bond acceptors (Lipinski definition) is 3. The Hall–Kier alpha value is -1.60. The van der Waals surface area contributed by atoms with Crippen LogP contribution in [0, 0.1) is 0 Å². The van der Waals surface area contributed by atoms with Gasteiger partial charge in [-0.15, -0.1) is 0 Å². The number of hydrogen-bond donors (Lipinski definition) is 0. The van der Waals surface area contributed by atoms with Crippen LogP contribution in [0.25, 0.3) is 32.7 Å². The molecule has 0 radical (unpaired) electrons. The summed E-state index contributed by atoms with van der Waals surface area (Å²) in [6, 6.07) is 18.6. The largest absolute Gasteiger partial charge is 0.496 e. The highest BCUT2D eigenvalue weighted by molar-refractivity contribution is 9.10. The van der Waals surface area contributed by atoms with Gasteiger partial charge in [0.25, 0.3) is 9.05 Å². The van der Waals surface area contributed by atoms with Gasteiger partial charge in [-0.1, -0.05) is 56.1 Å². The van der Waals surface area contributed by atoms with Crippen LogP contribution in [0.4, 0.5) is 0 Å². The highest BCUT2D eigenvalue weighted by Crippen LogP contribution is 2.45. The van der Waals surface area contributed by atoms with E-state index in [0.29, 0.717) is 16.9 Å². The summed E-state index contributed by atoms with van der Waals surface area (Å²) in [5, 5.41) is 3.50. The Labute approximate surface area is 183 Å². The van der Waals surface area contributed by atoms with Crippen LogP contribution in [-0.4, -0.2) is 15.5 Å². The van der Waals surface area contributed by atoms with Gasteiger partial charge in [-0.05, 0) is 57.9 Å². The Bertz CT molecular complexity index is 1350. The fourth-order valence-electron chi connectivity index (χ4n) is 3.45. The van der Waals surface area contributed by atoms with Crippen LogP contribution in [0.5, 0.6) is 5.75 Å². The summed E-state index contributed by atoms with van der Waals surface area (Å²) in [5.74, 6) is 0.576. The van der Waals surface area contributed by atoms with Gasteiger partial charge >= 0.3 is 0 Å². The third-order valence-corrected chi connectivity index (χ3v) is 6.97. The predicted molar refractivity (Wildman–Crippen MR) is 122 cm³/mol. The van der Waals surface area contributed by atoms with Gasteiger partial charge in [0.1, 0.15) is 5.75 Å². The second-order valence-electron chi connectivity index (χ2n) is 6.25. The van der Waals surface area contributed by atoms with Gasteiger partial charge in [0.15, 0.2) is 0 Å². The van der Waals surface area contributed by atoms with Gasteiger partial charge in [-0.25, -0.2) is 8.42 Å². The van der Waals surface area contributed by atoms with Crippen LogP contribution in [0.2, 0.25) is 0 Å². The zero-order valence-corrected chi connectivity index (χ0v) is 19.3. The van der Waals surface area contributed by atoms with Crippen molar-refractivity contribution in [2.75, 3.05) is 7.11 Å². The molecule has 0 bridgehead atoms. The highest BCUT2D eigenvalue weighted by Gasteiger charge is 2.23. The minimum Gasteiger partial charge on any atom is -0.496 e. The Balaban J connectivity index is 2.26. The molecule has 0 spiro atoms. The molecular weight excluding hydrogens is 528 g/mol. The monoisotopic (exact) mass is 538 g/mol. The van der Waals surface area contributed by atoms with Gasteiger partial charge in [0, 0.05) is 30.8 Å². The lowest BCUT2D eigenvalue weighted by molar-refractivity contribution is 0.417. The van der Waals surface area contributed by atoms with Crippen LogP contribution in [0.3, 0.4) is 0 Å². The number of methoxy groups -OCH3 is 1. The minimum absolute atomic E-state index is 0.0534. The molecule has 0 unspecified atom stereocenters. The average molecular weight is 541 g/mol. The molecule has 28 heavy (non-hydrogen) atoms. The van der Waals surface area contributed by atoms with Crippen molar-refractivity contribution in [3.05, 3.63) is 69.6 Å². The number of ether oxygens (including phenoxy) is 1.